The van der Waals surface area contributed by atoms with Gasteiger partial charge in [0.05, 0.1) is 22.5 Å². The first-order chi connectivity index (χ1) is 17.9. The van der Waals surface area contributed by atoms with Gasteiger partial charge in [-0.1, -0.05) is 49.9 Å². The summed E-state index contributed by atoms with van der Waals surface area (Å²) in [7, 11) is 0. The zero-order valence-electron chi connectivity index (χ0n) is 22.4. The summed E-state index contributed by atoms with van der Waals surface area (Å²) in [6, 6.07) is 12.1. The van der Waals surface area contributed by atoms with Crippen molar-refractivity contribution >= 4 is 35.5 Å². The number of ether oxygens (including phenoxy) is 1. The van der Waals surface area contributed by atoms with Gasteiger partial charge in [0.2, 0.25) is 5.91 Å². The van der Waals surface area contributed by atoms with Crippen molar-refractivity contribution in [3.63, 3.8) is 0 Å². The number of amides is 2. The summed E-state index contributed by atoms with van der Waals surface area (Å²) in [6.45, 7) is 9.85. The van der Waals surface area contributed by atoms with E-state index in [9.17, 15) is 24.8 Å². The predicted octanol–water partition coefficient (Wildman–Crippen LogP) is 5.32. The van der Waals surface area contributed by atoms with E-state index in [1.165, 1.54) is 39.8 Å². The fourth-order valence-electron chi connectivity index (χ4n) is 4.09. The predicted molar refractivity (Wildman–Crippen MR) is 147 cm³/mol. The second-order valence-electron chi connectivity index (χ2n) is 10.4. The molecule has 1 atom stereocenters. The van der Waals surface area contributed by atoms with Crippen LogP contribution < -0.4 is 0 Å². The highest BCUT2D eigenvalue weighted by Gasteiger charge is 2.33. The number of carbonyl (C=O) groups excluding carboxylic acids is 2. The van der Waals surface area contributed by atoms with E-state index in [4.69, 9.17) is 4.74 Å². The van der Waals surface area contributed by atoms with Crippen LogP contribution in [0.4, 0.5) is 10.5 Å². The lowest BCUT2D eigenvalue weighted by Crippen LogP contribution is -2.58. The Labute approximate surface area is 227 Å². The van der Waals surface area contributed by atoms with E-state index in [-0.39, 0.29) is 43.8 Å². The molecule has 0 spiro atoms. The second-order valence-corrected chi connectivity index (χ2v) is 11.5. The molecule has 1 aliphatic heterocycles. The van der Waals surface area contributed by atoms with Crippen molar-refractivity contribution in [3.05, 3.63) is 69.8 Å². The van der Waals surface area contributed by atoms with Gasteiger partial charge in [-0.05, 0) is 56.0 Å². The van der Waals surface area contributed by atoms with Crippen LogP contribution in [-0.2, 0) is 9.53 Å². The van der Waals surface area contributed by atoms with Crippen molar-refractivity contribution in [2.45, 2.75) is 62.0 Å². The van der Waals surface area contributed by atoms with Gasteiger partial charge in [0.1, 0.15) is 5.60 Å². The van der Waals surface area contributed by atoms with Gasteiger partial charge in [0, 0.05) is 36.7 Å². The SMILES string of the molecule is CC(C)c1ccccc1Sc1ccc(/C=C/C(=O)N2CCN(C(=O)OC(C)(C)C)CC2CO)cc1[N+](=O)[O-]. The first-order valence-electron chi connectivity index (χ1n) is 12.5. The van der Waals surface area contributed by atoms with Gasteiger partial charge in [-0.2, -0.15) is 0 Å². The maximum atomic E-state index is 12.9. The summed E-state index contributed by atoms with van der Waals surface area (Å²) < 4.78 is 5.40. The third kappa shape index (κ3) is 7.58. The molecule has 2 amide bonds. The largest absolute Gasteiger partial charge is 0.444 e. The molecule has 0 aliphatic carbocycles. The molecule has 1 fully saturated rings. The molecule has 10 heteroatoms. The lowest BCUT2D eigenvalue weighted by Gasteiger charge is -2.40. The van der Waals surface area contributed by atoms with E-state index in [2.05, 4.69) is 13.8 Å². The molecule has 38 heavy (non-hydrogen) atoms. The second kappa shape index (κ2) is 12.4. The number of nitro groups is 1. The third-order valence-corrected chi connectivity index (χ3v) is 7.14. The van der Waals surface area contributed by atoms with Crippen LogP contribution in [0.15, 0.2) is 58.3 Å². The Hall–Kier alpha value is -3.37. The van der Waals surface area contributed by atoms with Crippen molar-refractivity contribution in [1.29, 1.82) is 0 Å². The molecule has 204 valence electrons. The number of carbonyl (C=O) groups is 2. The lowest BCUT2D eigenvalue weighted by atomic mass is 10.0. The molecule has 0 aromatic heterocycles. The van der Waals surface area contributed by atoms with Crippen molar-refractivity contribution < 1.29 is 24.4 Å². The molecule has 1 unspecified atom stereocenters. The van der Waals surface area contributed by atoms with Gasteiger partial charge in [-0.15, -0.1) is 0 Å². The summed E-state index contributed by atoms with van der Waals surface area (Å²) in [5.74, 6) is -0.0698. The van der Waals surface area contributed by atoms with Gasteiger partial charge >= 0.3 is 6.09 Å². The number of rotatable bonds is 7. The number of piperazine rings is 1. The van der Waals surface area contributed by atoms with E-state index in [1.54, 1.807) is 32.9 Å². The number of hydrogen-bond donors (Lipinski definition) is 1. The summed E-state index contributed by atoms with van der Waals surface area (Å²) in [5, 5.41) is 21.7. The third-order valence-electron chi connectivity index (χ3n) is 5.99. The zero-order valence-corrected chi connectivity index (χ0v) is 23.2. The van der Waals surface area contributed by atoms with Crippen LogP contribution in [0.2, 0.25) is 0 Å². The minimum atomic E-state index is -0.643. The van der Waals surface area contributed by atoms with Crippen LogP contribution in [0, 0.1) is 10.1 Å². The van der Waals surface area contributed by atoms with Gasteiger partial charge in [-0.25, -0.2) is 4.79 Å². The molecule has 1 aliphatic rings. The zero-order chi connectivity index (χ0) is 28.0. The fourth-order valence-corrected chi connectivity index (χ4v) is 5.27. The Kier molecular flexibility index (Phi) is 9.56. The van der Waals surface area contributed by atoms with Crippen LogP contribution in [-0.4, -0.2) is 69.7 Å². The van der Waals surface area contributed by atoms with E-state index in [0.717, 1.165) is 10.5 Å². The minimum Gasteiger partial charge on any atom is -0.444 e. The fraction of sp³-hybridized carbons (Fsp3) is 0.429. The van der Waals surface area contributed by atoms with Crippen LogP contribution in [0.25, 0.3) is 6.08 Å². The average Bonchev–Trinajstić information content (AvgIpc) is 2.86. The maximum Gasteiger partial charge on any atom is 0.410 e. The van der Waals surface area contributed by atoms with Crippen molar-refractivity contribution in [2.75, 3.05) is 26.2 Å². The topological polar surface area (TPSA) is 113 Å². The van der Waals surface area contributed by atoms with Crippen molar-refractivity contribution in [3.8, 4) is 0 Å². The molecule has 1 saturated heterocycles. The minimum absolute atomic E-state index is 0.0395. The van der Waals surface area contributed by atoms with E-state index >= 15 is 0 Å². The number of aliphatic hydroxyl groups is 1. The average molecular weight is 542 g/mol. The van der Waals surface area contributed by atoms with E-state index < -0.39 is 22.7 Å². The molecule has 9 nitrogen and oxygen atoms in total. The summed E-state index contributed by atoms with van der Waals surface area (Å²) in [5.41, 5.74) is 0.948. The highest BCUT2D eigenvalue weighted by Crippen LogP contribution is 2.39. The molecule has 0 radical (unpaired) electrons. The highest BCUT2D eigenvalue weighted by molar-refractivity contribution is 7.99. The summed E-state index contributed by atoms with van der Waals surface area (Å²) >= 11 is 1.35. The number of hydrogen-bond acceptors (Lipinski definition) is 7. The van der Waals surface area contributed by atoms with Crippen LogP contribution in [0.3, 0.4) is 0 Å². The summed E-state index contributed by atoms with van der Waals surface area (Å²) in [6.07, 6.45) is 2.38. The first kappa shape index (κ1) is 29.2. The van der Waals surface area contributed by atoms with Crippen LogP contribution >= 0.6 is 11.8 Å². The lowest BCUT2D eigenvalue weighted by molar-refractivity contribution is -0.387. The van der Waals surface area contributed by atoms with E-state index in [0.29, 0.717) is 10.5 Å². The van der Waals surface area contributed by atoms with Crippen LogP contribution in [0.5, 0.6) is 0 Å². The Morgan fingerprint density at radius 3 is 2.53 bits per heavy atom. The molecule has 1 heterocycles. The standard InChI is InChI=1S/C28H35N3O6S/c1-19(2)22-8-6-7-9-24(22)38-25-12-10-20(16-23(25)31(35)36)11-13-26(33)30-15-14-29(17-21(30)18-32)27(34)37-28(3,4)5/h6-13,16,19,21,32H,14-15,17-18H2,1-5H3/b13-11+. The molecule has 1 N–H and O–H groups in total. The molecule has 3 rings (SSSR count). The quantitative estimate of drug-likeness (QED) is 0.287. The number of nitro benzene ring substituents is 1. The molecule has 2 aromatic carbocycles. The molecular weight excluding hydrogens is 506 g/mol. The normalized spacial score (nSPS) is 16.2. The Morgan fingerprint density at radius 1 is 1.18 bits per heavy atom. The maximum absolute atomic E-state index is 12.9. The Balaban J connectivity index is 1.73. The smallest absolute Gasteiger partial charge is 0.410 e. The van der Waals surface area contributed by atoms with Gasteiger partial charge in [0.25, 0.3) is 5.69 Å². The molecule has 2 aromatic rings. The first-order valence-corrected chi connectivity index (χ1v) is 13.3. The number of benzene rings is 2. The van der Waals surface area contributed by atoms with Crippen molar-refractivity contribution in [2.24, 2.45) is 0 Å². The Morgan fingerprint density at radius 2 is 1.89 bits per heavy atom. The van der Waals surface area contributed by atoms with E-state index in [1.807, 2.05) is 24.3 Å². The van der Waals surface area contributed by atoms with Gasteiger partial charge in [0.15, 0.2) is 0 Å². The number of nitrogens with zero attached hydrogens (tertiary/aromatic N) is 3. The van der Waals surface area contributed by atoms with Gasteiger partial charge < -0.3 is 19.6 Å². The molecule has 0 saturated carbocycles. The molecular formula is C28H35N3O6S. The number of aliphatic hydroxyl groups excluding tert-OH is 1. The summed E-state index contributed by atoms with van der Waals surface area (Å²) in [4.78, 5) is 41.2. The van der Waals surface area contributed by atoms with Gasteiger partial charge in [-0.3, -0.25) is 14.9 Å². The van der Waals surface area contributed by atoms with Crippen molar-refractivity contribution in [1.82, 2.24) is 9.80 Å². The van der Waals surface area contributed by atoms with Crippen LogP contribution in [0.1, 0.15) is 51.7 Å². The Bertz CT molecular complexity index is 1210. The highest BCUT2D eigenvalue weighted by atomic mass is 32.2. The molecule has 0 bridgehead atoms. The monoisotopic (exact) mass is 541 g/mol.